The van der Waals surface area contributed by atoms with E-state index in [4.69, 9.17) is 14.8 Å². The Kier molecular flexibility index (Phi) is 7.06. The Balaban J connectivity index is 3.02. The van der Waals surface area contributed by atoms with Crippen molar-refractivity contribution in [3.8, 4) is 0 Å². The Morgan fingerprint density at radius 3 is 2.91 bits per heavy atom. The average Bonchev–Trinajstić information content (AvgIpc) is 1.96. The van der Waals surface area contributed by atoms with E-state index in [9.17, 15) is 4.21 Å². The lowest BCUT2D eigenvalue weighted by molar-refractivity contribution is 0.156. The highest BCUT2D eigenvalue weighted by Gasteiger charge is 1.91. The van der Waals surface area contributed by atoms with Gasteiger partial charge in [0, 0.05) is 11.5 Å². The van der Waals surface area contributed by atoms with Gasteiger partial charge in [-0.15, -0.1) is 0 Å². The molecule has 1 atom stereocenters. The van der Waals surface area contributed by atoms with Crippen LogP contribution in [0.15, 0.2) is 5.11 Å². The lowest BCUT2D eigenvalue weighted by Crippen LogP contribution is -2.06. The van der Waals surface area contributed by atoms with Gasteiger partial charge < -0.3 is 9.29 Å². The Labute approximate surface area is 66.5 Å². The van der Waals surface area contributed by atoms with E-state index in [2.05, 4.69) is 10.0 Å². The van der Waals surface area contributed by atoms with Gasteiger partial charge in [0.2, 0.25) is 0 Å². The normalized spacial score (nSPS) is 12.1. The monoisotopic (exact) mass is 179 g/mol. The van der Waals surface area contributed by atoms with Crippen LogP contribution in [0.2, 0.25) is 0 Å². The zero-order chi connectivity index (χ0) is 8.53. The highest BCUT2D eigenvalue weighted by Crippen LogP contribution is 1.79. The molecule has 0 saturated heterocycles. The van der Waals surface area contributed by atoms with Crippen LogP contribution in [0.3, 0.4) is 0 Å². The number of azide groups is 1. The van der Waals surface area contributed by atoms with Crippen molar-refractivity contribution in [2.24, 2.45) is 5.11 Å². The first-order valence-electron chi connectivity index (χ1n) is 2.93. The highest BCUT2D eigenvalue weighted by molar-refractivity contribution is 7.79. The average molecular weight is 179 g/mol. The summed E-state index contributed by atoms with van der Waals surface area (Å²) in [6.45, 7) is 0.764. The van der Waals surface area contributed by atoms with E-state index in [1.165, 1.54) is 0 Å². The molecule has 11 heavy (non-hydrogen) atoms. The highest BCUT2D eigenvalue weighted by atomic mass is 32.2. The minimum absolute atomic E-state index is 0.0935. The van der Waals surface area contributed by atoms with Crippen LogP contribution in [0.1, 0.15) is 0 Å². The molecule has 0 amide bonds. The smallest absolute Gasteiger partial charge is 0.155 e. The third kappa shape index (κ3) is 9.38. The van der Waals surface area contributed by atoms with E-state index in [-0.39, 0.29) is 18.9 Å². The van der Waals surface area contributed by atoms with Crippen molar-refractivity contribution >= 4 is 11.1 Å². The summed E-state index contributed by atoms with van der Waals surface area (Å²) in [6.07, 6.45) is 0. The zero-order valence-corrected chi connectivity index (χ0v) is 6.66. The summed E-state index contributed by atoms with van der Waals surface area (Å²) in [4.78, 5) is 2.50. The lowest BCUT2D eigenvalue weighted by Gasteiger charge is -1.97. The second kappa shape index (κ2) is 7.49. The second-order valence-corrected chi connectivity index (χ2v) is 2.64. The van der Waals surface area contributed by atoms with Crippen LogP contribution in [0.5, 0.6) is 0 Å². The molecule has 1 unspecified atom stereocenters. The SMILES string of the molecule is [N-]=[N+]=NCCOCCS(=O)O. The molecule has 0 heterocycles. The van der Waals surface area contributed by atoms with Crippen LogP contribution < -0.4 is 0 Å². The Morgan fingerprint density at radius 1 is 1.64 bits per heavy atom. The number of rotatable bonds is 6. The first-order chi connectivity index (χ1) is 5.27. The molecule has 64 valence electrons. The predicted octanol–water partition coefficient (Wildman–Crippen LogP) is 0.535. The summed E-state index contributed by atoms with van der Waals surface area (Å²) in [5.74, 6) is 0.0935. The topological polar surface area (TPSA) is 95.3 Å². The summed E-state index contributed by atoms with van der Waals surface area (Å²) in [5, 5.41) is 3.21. The molecule has 0 aromatic carbocycles. The quantitative estimate of drug-likeness (QED) is 0.212. The predicted molar refractivity (Wildman–Crippen MR) is 40.5 cm³/mol. The summed E-state index contributed by atoms with van der Waals surface area (Å²) in [7, 11) is 0. The van der Waals surface area contributed by atoms with Gasteiger partial charge in [-0.3, -0.25) is 0 Å². The van der Waals surface area contributed by atoms with Gasteiger partial charge >= 0.3 is 0 Å². The first-order valence-corrected chi connectivity index (χ1v) is 4.21. The summed E-state index contributed by atoms with van der Waals surface area (Å²) in [5.41, 5.74) is 7.83. The maximum Gasteiger partial charge on any atom is 0.155 e. The van der Waals surface area contributed by atoms with Crippen LogP contribution in [0.4, 0.5) is 0 Å². The minimum atomic E-state index is -1.80. The van der Waals surface area contributed by atoms with Crippen LogP contribution in [0.25, 0.3) is 10.4 Å². The molecule has 0 radical (unpaired) electrons. The van der Waals surface area contributed by atoms with E-state index in [1.54, 1.807) is 0 Å². The number of hydrogen-bond acceptors (Lipinski definition) is 3. The van der Waals surface area contributed by atoms with Gasteiger partial charge in [0.05, 0.1) is 19.0 Å². The van der Waals surface area contributed by atoms with Gasteiger partial charge in [-0.2, -0.15) is 0 Å². The van der Waals surface area contributed by atoms with E-state index in [0.29, 0.717) is 6.61 Å². The van der Waals surface area contributed by atoms with Gasteiger partial charge in [-0.05, 0) is 5.53 Å². The van der Waals surface area contributed by atoms with Crippen molar-refractivity contribution in [1.29, 1.82) is 0 Å². The van der Waals surface area contributed by atoms with Gasteiger partial charge in [0.15, 0.2) is 11.1 Å². The fraction of sp³-hybridized carbons (Fsp3) is 1.00. The number of nitrogens with zero attached hydrogens (tertiary/aromatic N) is 3. The van der Waals surface area contributed by atoms with Gasteiger partial charge in [-0.1, -0.05) is 5.11 Å². The van der Waals surface area contributed by atoms with Crippen molar-refractivity contribution < 1.29 is 13.5 Å². The van der Waals surface area contributed by atoms with Crippen molar-refractivity contribution in [2.75, 3.05) is 25.5 Å². The molecule has 0 rings (SSSR count). The molecule has 0 spiro atoms. The van der Waals surface area contributed by atoms with E-state index < -0.39 is 11.1 Å². The van der Waals surface area contributed by atoms with Crippen molar-refractivity contribution in [2.45, 2.75) is 0 Å². The molecule has 0 fully saturated rings. The molecular weight excluding hydrogens is 170 g/mol. The molecular formula is C4H9N3O3S. The molecule has 0 saturated carbocycles. The Bertz CT molecular complexity index is 164. The maximum absolute atomic E-state index is 10.0. The molecule has 6 nitrogen and oxygen atoms in total. The lowest BCUT2D eigenvalue weighted by atomic mass is 10.7. The third-order valence-corrected chi connectivity index (χ3v) is 1.32. The third-order valence-electron chi connectivity index (χ3n) is 0.801. The summed E-state index contributed by atoms with van der Waals surface area (Å²) < 4.78 is 23.1. The minimum Gasteiger partial charge on any atom is -0.380 e. The van der Waals surface area contributed by atoms with Gasteiger partial charge in [0.25, 0.3) is 0 Å². The molecule has 0 aromatic rings. The Morgan fingerprint density at radius 2 is 2.36 bits per heavy atom. The van der Waals surface area contributed by atoms with Crippen molar-refractivity contribution in [1.82, 2.24) is 0 Å². The second-order valence-electron chi connectivity index (χ2n) is 1.59. The first kappa shape index (κ1) is 10.4. The van der Waals surface area contributed by atoms with Crippen molar-refractivity contribution in [3.05, 3.63) is 10.4 Å². The van der Waals surface area contributed by atoms with Crippen molar-refractivity contribution in [3.63, 3.8) is 0 Å². The van der Waals surface area contributed by atoms with Crippen LogP contribution in [-0.4, -0.2) is 34.3 Å². The Hall–Kier alpha value is -0.620. The largest absolute Gasteiger partial charge is 0.380 e. The zero-order valence-electron chi connectivity index (χ0n) is 5.84. The molecule has 0 bridgehead atoms. The van der Waals surface area contributed by atoms with E-state index >= 15 is 0 Å². The summed E-state index contributed by atoms with van der Waals surface area (Å²) >= 11 is -1.80. The van der Waals surface area contributed by atoms with Crippen LogP contribution in [-0.2, 0) is 15.8 Å². The standard InChI is InChI=1S/C4H9N3O3S/c5-7-6-1-2-10-3-4-11(8)9/h1-4H2,(H,8,9). The fourth-order valence-electron chi connectivity index (χ4n) is 0.382. The number of ether oxygens (including phenoxy) is 1. The van der Waals surface area contributed by atoms with E-state index in [0.717, 1.165) is 0 Å². The number of hydrogen-bond donors (Lipinski definition) is 1. The fourth-order valence-corrected chi connectivity index (χ4v) is 0.643. The van der Waals surface area contributed by atoms with E-state index in [1.807, 2.05) is 0 Å². The summed E-state index contributed by atoms with van der Waals surface area (Å²) in [6, 6.07) is 0. The molecule has 0 aliphatic rings. The van der Waals surface area contributed by atoms with Crippen LogP contribution >= 0.6 is 0 Å². The maximum atomic E-state index is 10.0. The molecule has 1 N–H and O–H groups in total. The molecule has 0 aliphatic heterocycles. The molecule has 0 aliphatic carbocycles. The molecule has 7 heteroatoms. The van der Waals surface area contributed by atoms with Gasteiger partial charge in [0.1, 0.15) is 0 Å². The van der Waals surface area contributed by atoms with Crippen LogP contribution in [0, 0.1) is 0 Å². The molecule has 0 aromatic heterocycles. The van der Waals surface area contributed by atoms with Gasteiger partial charge in [-0.25, -0.2) is 4.21 Å².